The summed E-state index contributed by atoms with van der Waals surface area (Å²) in [6.07, 6.45) is 1.78. The molecule has 0 unspecified atom stereocenters. The number of ether oxygens (including phenoxy) is 1. The predicted molar refractivity (Wildman–Crippen MR) is 116 cm³/mol. The molecule has 1 amide bonds. The average Bonchev–Trinajstić information content (AvgIpc) is 2.75. The number of piperidine rings is 1. The number of rotatable bonds is 4. The third-order valence-corrected chi connectivity index (χ3v) is 5.46. The number of carbonyl (C=O) groups is 1. The molecule has 1 atom stereocenters. The summed E-state index contributed by atoms with van der Waals surface area (Å²) in [5.74, 6) is 1.15. The number of nitrogens with one attached hydrogen (secondary N) is 1. The first kappa shape index (κ1) is 19.2. The number of benzene rings is 2. The topological polar surface area (TPSA) is 67.4 Å². The molecule has 1 aliphatic rings. The van der Waals surface area contributed by atoms with E-state index in [1.54, 1.807) is 7.11 Å². The van der Waals surface area contributed by atoms with Crippen LogP contribution in [0.15, 0.2) is 42.5 Å². The van der Waals surface area contributed by atoms with Crippen LogP contribution in [-0.2, 0) is 4.79 Å². The number of aromatic nitrogens is 2. The minimum atomic E-state index is -0.110. The van der Waals surface area contributed by atoms with Crippen molar-refractivity contribution in [2.45, 2.75) is 26.7 Å². The summed E-state index contributed by atoms with van der Waals surface area (Å²) in [6.45, 7) is 5.47. The molecule has 2 heterocycles. The Bertz CT molecular complexity index is 1050. The number of nitrogens with zero attached hydrogens (tertiary/aromatic N) is 3. The SMILES string of the molecule is COc1nc2ccccc2nc1N1CCC[C@H](C(=O)Nc2cc(C)ccc2C)C1. The highest BCUT2D eigenvalue weighted by atomic mass is 16.5. The van der Waals surface area contributed by atoms with Gasteiger partial charge in [0.05, 0.1) is 24.1 Å². The summed E-state index contributed by atoms with van der Waals surface area (Å²) in [6, 6.07) is 13.9. The number of methoxy groups -OCH3 is 1. The number of anilines is 2. The van der Waals surface area contributed by atoms with Crippen LogP contribution in [0.4, 0.5) is 11.5 Å². The summed E-state index contributed by atoms with van der Waals surface area (Å²) in [4.78, 5) is 24.5. The molecular formula is C23H26N4O2. The van der Waals surface area contributed by atoms with E-state index in [0.29, 0.717) is 18.2 Å². The molecular weight excluding hydrogens is 364 g/mol. The van der Waals surface area contributed by atoms with Crippen LogP contribution < -0.4 is 15.0 Å². The second-order valence-electron chi connectivity index (χ2n) is 7.64. The van der Waals surface area contributed by atoms with Gasteiger partial charge in [-0.05, 0) is 56.0 Å². The lowest BCUT2D eigenvalue weighted by Crippen LogP contribution is -2.41. The van der Waals surface area contributed by atoms with Crippen LogP contribution in [0.2, 0.25) is 0 Å². The molecule has 3 aromatic rings. The average molecular weight is 390 g/mol. The van der Waals surface area contributed by atoms with Gasteiger partial charge in [0.15, 0.2) is 5.82 Å². The van der Waals surface area contributed by atoms with Crippen molar-refractivity contribution in [2.24, 2.45) is 5.92 Å². The summed E-state index contributed by atoms with van der Waals surface area (Å²) >= 11 is 0. The molecule has 1 N–H and O–H groups in total. The van der Waals surface area contributed by atoms with Gasteiger partial charge in [-0.15, -0.1) is 0 Å². The van der Waals surface area contributed by atoms with Gasteiger partial charge in [-0.2, -0.15) is 0 Å². The highest BCUT2D eigenvalue weighted by Crippen LogP contribution is 2.31. The van der Waals surface area contributed by atoms with E-state index in [1.807, 2.05) is 50.2 Å². The van der Waals surface area contributed by atoms with Crippen molar-refractivity contribution < 1.29 is 9.53 Å². The molecule has 6 nitrogen and oxygen atoms in total. The molecule has 0 bridgehead atoms. The van der Waals surface area contributed by atoms with Crippen LogP contribution in [0.5, 0.6) is 5.88 Å². The maximum atomic E-state index is 13.0. The molecule has 1 aromatic heterocycles. The summed E-state index contributed by atoms with van der Waals surface area (Å²) in [5.41, 5.74) is 4.71. The zero-order valence-electron chi connectivity index (χ0n) is 17.1. The molecule has 0 saturated carbocycles. The minimum absolute atomic E-state index is 0.0520. The Morgan fingerprint density at radius 2 is 1.90 bits per heavy atom. The Labute approximate surface area is 170 Å². The van der Waals surface area contributed by atoms with Gasteiger partial charge < -0.3 is 15.0 Å². The zero-order valence-corrected chi connectivity index (χ0v) is 17.1. The van der Waals surface area contributed by atoms with E-state index < -0.39 is 0 Å². The van der Waals surface area contributed by atoms with E-state index in [9.17, 15) is 4.79 Å². The lowest BCUT2D eigenvalue weighted by Gasteiger charge is -2.33. The third kappa shape index (κ3) is 4.01. The largest absolute Gasteiger partial charge is 0.478 e. The monoisotopic (exact) mass is 390 g/mol. The molecule has 6 heteroatoms. The quantitative estimate of drug-likeness (QED) is 0.726. The van der Waals surface area contributed by atoms with Crippen molar-refractivity contribution in [3.05, 3.63) is 53.6 Å². The Kier molecular flexibility index (Phi) is 5.34. The molecule has 29 heavy (non-hydrogen) atoms. The second kappa shape index (κ2) is 8.07. The highest BCUT2D eigenvalue weighted by Gasteiger charge is 2.29. The third-order valence-electron chi connectivity index (χ3n) is 5.46. The van der Waals surface area contributed by atoms with Gasteiger partial charge in [0.25, 0.3) is 5.88 Å². The highest BCUT2D eigenvalue weighted by molar-refractivity contribution is 5.94. The minimum Gasteiger partial charge on any atom is -0.478 e. The molecule has 0 aliphatic carbocycles. The van der Waals surface area contributed by atoms with Crippen LogP contribution in [0.25, 0.3) is 11.0 Å². The first-order chi connectivity index (χ1) is 14.0. The molecule has 0 spiro atoms. The van der Waals surface area contributed by atoms with Gasteiger partial charge in [-0.3, -0.25) is 4.79 Å². The van der Waals surface area contributed by atoms with Crippen LogP contribution in [0.1, 0.15) is 24.0 Å². The van der Waals surface area contributed by atoms with Crippen LogP contribution in [-0.4, -0.2) is 36.1 Å². The number of para-hydroxylation sites is 2. The summed E-state index contributed by atoms with van der Waals surface area (Å²) in [5, 5.41) is 3.12. The van der Waals surface area contributed by atoms with E-state index >= 15 is 0 Å². The molecule has 150 valence electrons. The molecule has 1 saturated heterocycles. The van der Waals surface area contributed by atoms with Crippen LogP contribution in [0, 0.1) is 19.8 Å². The van der Waals surface area contributed by atoms with Crippen LogP contribution in [0.3, 0.4) is 0 Å². The van der Waals surface area contributed by atoms with Crippen molar-refractivity contribution in [1.29, 1.82) is 0 Å². The lowest BCUT2D eigenvalue weighted by atomic mass is 9.96. The zero-order chi connectivity index (χ0) is 20.4. The van der Waals surface area contributed by atoms with E-state index in [0.717, 1.165) is 47.2 Å². The maximum Gasteiger partial charge on any atom is 0.257 e. The summed E-state index contributed by atoms with van der Waals surface area (Å²) < 4.78 is 5.51. The van der Waals surface area contributed by atoms with Gasteiger partial charge in [0.2, 0.25) is 5.91 Å². The van der Waals surface area contributed by atoms with Gasteiger partial charge in [0.1, 0.15) is 0 Å². The molecule has 0 radical (unpaired) electrons. The van der Waals surface area contributed by atoms with Crippen molar-refractivity contribution in [1.82, 2.24) is 9.97 Å². The number of hydrogen-bond acceptors (Lipinski definition) is 5. The van der Waals surface area contributed by atoms with Gasteiger partial charge in [0, 0.05) is 18.8 Å². The number of carbonyl (C=O) groups excluding carboxylic acids is 1. The summed E-state index contributed by atoms with van der Waals surface area (Å²) in [7, 11) is 1.61. The fourth-order valence-corrected chi connectivity index (χ4v) is 3.81. The van der Waals surface area contributed by atoms with Crippen molar-refractivity contribution in [3.8, 4) is 5.88 Å². The first-order valence-electron chi connectivity index (χ1n) is 9.99. The molecule has 2 aromatic carbocycles. The van der Waals surface area contributed by atoms with E-state index in [4.69, 9.17) is 9.72 Å². The number of hydrogen-bond donors (Lipinski definition) is 1. The Hall–Kier alpha value is -3.15. The normalized spacial score (nSPS) is 16.7. The fourth-order valence-electron chi connectivity index (χ4n) is 3.81. The second-order valence-corrected chi connectivity index (χ2v) is 7.64. The van der Waals surface area contributed by atoms with Gasteiger partial charge in [-0.1, -0.05) is 24.3 Å². The van der Waals surface area contributed by atoms with Crippen molar-refractivity contribution >= 4 is 28.4 Å². The molecule has 1 fully saturated rings. The lowest BCUT2D eigenvalue weighted by molar-refractivity contribution is -0.120. The maximum absolute atomic E-state index is 13.0. The van der Waals surface area contributed by atoms with Crippen molar-refractivity contribution in [3.63, 3.8) is 0 Å². The Balaban J connectivity index is 1.56. The van der Waals surface area contributed by atoms with Crippen molar-refractivity contribution in [2.75, 3.05) is 30.4 Å². The predicted octanol–water partition coefficient (Wildman–Crippen LogP) is 4.11. The fraction of sp³-hybridized carbons (Fsp3) is 0.348. The smallest absolute Gasteiger partial charge is 0.257 e. The standard InChI is InChI=1S/C23H26N4O2/c1-15-10-11-16(2)20(13-15)25-22(28)17-7-6-12-27(14-17)21-23(29-3)26-19-9-5-4-8-18(19)24-21/h4-5,8-11,13,17H,6-7,12,14H2,1-3H3,(H,25,28)/t17-/m0/s1. The number of aryl methyl sites for hydroxylation is 2. The van der Waals surface area contributed by atoms with Crippen LogP contribution >= 0.6 is 0 Å². The van der Waals surface area contributed by atoms with Gasteiger partial charge in [-0.25, -0.2) is 9.97 Å². The number of amides is 1. The molecule has 1 aliphatic heterocycles. The van der Waals surface area contributed by atoms with Gasteiger partial charge >= 0.3 is 0 Å². The molecule has 4 rings (SSSR count). The number of fused-ring (bicyclic) bond motifs is 1. The Morgan fingerprint density at radius 3 is 2.66 bits per heavy atom. The Morgan fingerprint density at radius 1 is 1.14 bits per heavy atom. The first-order valence-corrected chi connectivity index (χ1v) is 9.99. The van der Waals surface area contributed by atoms with E-state index in [1.165, 1.54) is 0 Å². The van der Waals surface area contributed by atoms with E-state index in [-0.39, 0.29) is 11.8 Å². The van der Waals surface area contributed by atoms with E-state index in [2.05, 4.69) is 21.3 Å².